The van der Waals surface area contributed by atoms with Crippen LogP contribution in [0.3, 0.4) is 0 Å². The van der Waals surface area contributed by atoms with Crippen molar-refractivity contribution in [2.75, 3.05) is 30.9 Å². The summed E-state index contributed by atoms with van der Waals surface area (Å²) in [5, 5.41) is 22.6. The Kier molecular flexibility index (Phi) is 8.59. The molecule has 0 spiro atoms. The highest BCUT2D eigenvalue weighted by atomic mass is 35.5. The predicted octanol–water partition coefficient (Wildman–Crippen LogP) is 0.805. The Morgan fingerprint density at radius 3 is 2.88 bits per heavy atom. The van der Waals surface area contributed by atoms with E-state index in [2.05, 4.69) is 15.3 Å². The van der Waals surface area contributed by atoms with Crippen molar-refractivity contribution >= 4 is 48.5 Å². The number of carbonyl (C=O) groups excluding carboxylic acids is 1. The van der Waals surface area contributed by atoms with Gasteiger partial charge in [-0.2, -0.15) is 0 Å². The summed E-state index contributed by atoms with van der Waals surface area (Å²) >= 11 is 7.60. The van der Waals surface area contributed by atoms with Crippen LogP contribution < -0.4 is 16.8 Å². The highest BCUT2D eigenvalue weighted by Gasteiger charge is 2.54. The SMILES string of the molecule is CC(C)(CO)C(=O)SCCO[P+](=O)OC[C@H]1O[C@@H](n2cnc3c2NC(N)=NC3N)[C@](C)(Cl)[C@@H]1O. The molecule has 3 heterocycles. The molecule has 16 heteroatoms. The molecule has 13 nitrogen and oxygen atoms in total. The fourth-order valence-electron chi connectivity index (χ4n) is 3.29. The molecule has 0 radical (unpaired) electrons. The summed E-state index contributed by atoms with van der Waals surface area (Å²) in [5.41, 5.74) is 11.3. The van der Waals surface area contributed by atoms with Crippen molar-refractivity contribution in [1.82, 2.24) is 9.55 Å². The molecule has 6 atom stereocenters. The molecule has 34 heavy (non-hydrogen) atoms. The van der Waals surface area contributed by atoms with Crippen LogP contribution in [0.1, 0.15) is 38.9 Å². The lowest BCUT2D eigenvalue weighted by molar-refractivity contribution is -0.119. The Hall–Kier alpha value is -1.35. The van der Waals surface area contributed by atoms with Crippen molar-refractivity contribution in [1.29, 1.82) is 0 Å². The molecule has 0 saturated carbocycles. The van der Waals surface area contributed by atoms with Crippen molar-refractivity contribution < 1.29 is 33.4 Å². The predicted molar refractivity (Wildman–Crippen MR) is 126 cm³/mol. The van der Waals surface area contributed by atoms with E-state index in [4.69, 9.17) is 36.9 Å². The summed E-state index contributed by atoms with van der Waals surface area (Å²) in [6, 6.07) is 0. The number of aromatic nitrogens is 2. The molecule has 1 aromatic rings. The Bertz CT molecular complexity index is 961. The minimum absolute atomic E-state index is 0.00683. The first-order chi connectivity index (χ1) is 15.9. The summed E-state index contributed by atoms with van der Waals surface area (Å²) in [7, 11) is -2.53. The number of nitrogens with zero attached hydrogens (tertiary/aromatic N) is 3. The van der Waals surface area contributed by atoms with Gasteiger partial charge in [-0.15, -0.1) is 20.6 Å². The second-order valence-corrected chi connectivity index (χ2v) is 11.5. The van der Waals surface area contributed by atoms with Gasteiger partial charge < -0.3 is 31.7 Å². The molecule has 1 saturated heterocycles. The lowest BCUT2D eigenvalue weighted by Gasteiger charge is -2.28. The number of carbonyl (C=O) groups is 1. The summed E-state index contributed by atoms with van der Waals surface area (Å²) in [4.78, 5) is 18.9. The van der Waals surface area contributed by atoms with E-state index in [1.807, 2.05) is 0 Å². The number of alkyl halides is 1. The first-order valence-electron chi connectivity index (χ1n) is 10.3. The monoisotopic (exact) mass is 539 g/mol. The van der Waals surface area contributed by atoms with Gasteiger partial charge in [0.05, 0.1) is 18.3 Å². The highest BCUT2D eigenvalue weighted by Crippen LogP contribution is 2.46. The molecule has 1 fully saturated rings. The van der Waals surface area contributed by atoms with E-state index in [0.29, 0.717) is 11.5 Å². The van der Waals surface area contributed by atoms with Gasteiger partial charge in [0, 0.05) is 10.3 Å². The van der Waals surface area contributed by atoms with Crippen molar-refractivity contribution in [2.24, 2.45) is 21.9 Å². The minimum atomic E-state index is -2.53. The molecular formula is C18H29ClN6O7PS+. The maximum absolute atomic E-state index is 12.1. The highest BCUT2D eigenvalue weighted by molar-refractivity contribution is 8.13. The summed E-state index contributed by atoms with van der Waals surface area (Å²) < 4.78 is 29.9. The fraction of sp³-hybridized carbons (Fsp3) is 0.722. The number of anilines is 1. The zero-order valence-corrected chi connectivity index (χ0v) is 21.3. The number of guanidine groups is 1. The zero-order valence-electron chi connectivity index (χ0n) is 18.9. The van der Waals surface area contributed by atoms with E-state index in [1.165, 1.54) is 6.33 Å². The van der Waals surface area contributed by atoms with Crippen LogP contribution in [0.5, 0.6) is 0 Å². The van der Waals surface area contributed by atoms with Gasteiger partial charge in [0.25, 0.3) is 0 Å². The Morgan fingerprint density at radius 2 is 2.21 bits per heavy atom. The number of thioether (sulfide) groups is 1. The van der Waals surface area contributed by atoms with Gasteiger partial charge in [-0.1, -0.05) is 11.8 Å². The number of aliphatic hydroxyl groups is 2. The van der Waals surface area contributed by atoms with Crippen molar-refractivity contribution in [3.63, 3.8) is 0 Å². The van der Waals surface area contributed by atoms with Gasteiger partial charge in [-0.3, -0.25) is 9.36 Å². The van der Waals surface area contributed by atoms with Crippen LogP contribution in [0.4, 0.5) is 5.82 Å². The van der Waals surface area contributed by atoms with Crippen LogP contribution in [-0.4, -0.2) is 73.5 Å². The number of nitrogens with two attached hydrogens (primary N) is 2. The number of hydrogen-bond acceptors (Lipinski definition) is 13. The molecule has 1 aromatic heterocycles. The largest absolute Gasteiger partial charge is 0.697 e. The lowest BCUT2D eigenvalue weighted by atomic mass is 9.97. The molecule has 2 unspecified atom stereocenters. The first kappa shape index (κ1) is 27.2. The van der Waals surface area contributed by atoms with E-state index in [-0.39, 0.29) is 36.6 Å². The number of nitrogens with one attached hydrogen (secondary N) is 1. The van der Waals surface area contributed by atoms with Crippen molar-refractivity contribution in [3.05, 3.63) is 12.0 Å². The third-order valence-corrected chi connectivity index (χ3v) is 7.75. The molecule has 3 rings (SSSR count). The van der Waals surface area contributed by atoms with Crippen LogP contribution >= 0.6 is 31.6 Å². The minimum Gasteiger partial charge on any atom is -0.395 e. The second-order valence-electron chi connectivity index (χ2n) is 8.62. The van der Waals surface area contributed by atoms with Gasteiger partial charge in [-0.05, 0) is 20.8 Å². The third-order valence-electron chi connectivity index (χ3n) is 5.40. The molecular weight excluding hydrogens is 511 g/mol. The average molecular weight is 540 g/mol. The maximum atomic E-state index is 12.1. The molecule has 0 bridgehead atoms. The van der Waals surface area contributed by atoms with Crippen LogP contribution in [-0.2, 0) is 23.1 Å². The molecule has 190 valence electrons. The Balaban J connectivity index is 1.53. The normalized spacial score (nSPS) is 29.4. The van der Waals surface area contributed by atoms with E-state index >= 15 is 0 Å². The Labute approximate surface area is 206 Å². The van der Waals surface area contributed by atoms with Crippen LogP contribution in [0.15, 0.2) is 11.3 Å². The Morgan fingerprint density at radius 1 is 1.50 bits per heavy atom. The van der Waals surface area contributed by atoms with Crippen molar-refractivity contribution in [3.8, 4) is 0 Å². The molecule has 7 N–H and O–H groups in total. The van der Waals surface area contributed by atoms with Gasteiger partial charge in [-0.25, -0.2) is 9.98 Å². The number of hydrogen-bond donors (Lipinski definition) is 5. The summed E-state index contributed by atoms with van der Waals surface area (Å²) in [5.74, 6) is 0.784. The quantitative estimate of drug-likeness (QED) is 0.159. The van der Waals surface area contributed by atoms with Gasteiger partial charge in [0.2, 0.25) is 0 Å². The smallest absolute Gasteiger partial charge is 0.395 e. The second kappa shape index (κ2) is 10.7. The summed E-state index contributed by atoms with van der Waals surface area (Å²) in [6.07, 6.45) is -2.28. The van der Waals surface area contributed by atoms with Gasteiger partial charge in [0.15, 0.2) is 17.3 Å². The van der Waals surface area contributed by atoms with E-state index < -0.39 is 43.1 Å². The fourth-order valence-corrected chi connectivity index (χ4v) is 5.10. The van der Waals surface area contributed by atoms with Crippen LogP contribution in [0.2, 0.25) is 0 Å². The number of aliphatic hydroxyl groups excluding tert-OH is 2. The molecule has 0 amide bonds. The first-order valence-corrected chi connectivity index (χ1v) is 12.8. The maximum Gasteiger partial charge on any atom is 0.697 e. The number of rotatable bonds is 10. The van der Waals surface area contributed by atoms with E-state index in [0.717, 1.165) is 11.8 Å². The number of aliphatic imine (C=N–C) groups is 1. The molecule has 0 aromatic carbocycles. The summed E-state index contributed by atoms with van der Waals surface area (Å²) in [6.45, 7) is 4.32. The standard InChI is InChI=1S/C18H29ClN6O7PS/c1-17(2,7-26)15(28)34-5-4-30-33(29)31-6-9-11(27)18(3,19)14(32-9)25-8-22-10-12(20)23-16(21)24-13(10)25/h8-9,11-12,14,26-27H,4-7,20H2,1-3H3,(H3,21,23,24)/q+1/t9-,11-,12?,14-,18-/m1/s1. The number of fused-ring (bicyclic) bond motifs is 1. The van der Waals surface area contributed by atoms with Crippen LogP contribution in [0.25, 0.3) is 0 Å². The molecule has 0 aliphatic carbocycles. The van der Waals surface area contributed by atoms with Crippen molar-refractivity contribution in [2.45, 2.75) is 50.2 Å². The van der Waals surface area contributed by atoms with Crippen LogP contribution in [0, 0.1) is 5.41 Å². The number of imidazole rings is 1. The average Bonchev–Trinajstić information content (AvgIpc) is 3.28. The topological polar surface area (TPSA) is 197 Å². The molecule has 2 aliphatic heterocycles. The van der Waals surface area contributed by atoms with Gasteiger partial charge >= 0.3 is 8.25 Å². The third kappa shape index (κ3) is 5.72. The van der Waals surface area contributed by atoms with Gasteiger partial charge in [0.1, 0.15) is 48.0 Å². The lowest BCUT2D eigenvalue weighted by Crippen LogP contribution is -2.40. The van der Waals surface area contributed by atoms with E-state index in [9.17, 15) is 19.6 Å². The number of ether oxygens (including phenoxy) is 1. The molecule has 2 aliphatic rings. The zero-order chi connectivity index (χ0) is 25.3. The number of halogens is 1. The van der Waals surface area contributed by atoms with E-state index in [1.54, 1.807) is 25.3 Å².